The second kappa shape index (κ2) is 12.3. The van der Waals surface area contributed by atoms with E-state index in [0.29, 0.717) is 17.5 Å². The number of rotatable bonds is 9. The molecule has 0 saturated carbocycles. The van der Waals surface area contributed by atoms with E-state index in [4.69, 9.17) is 0 Å². The van der Waals surface area contributed by atoms with Gasteiger partial charge >= 0.3 is 6.18 Å². The Morgan fingerprint density at radius 1 is 1.03 bits per heavy atom. The van der Waals surface area contributed by atoms with Crippen LogP contribution in [0.25, 0.3) is 5.70 Å². The average molecular weight is 532 g/mol. The lowest BCUT2D eigenvalue weighted by Gasteiger charge is -2.40. The first kappa shape index (κ1) is 28.9. The van der Waals surface area contributed by atoms with Crippen molar-refractivity contribution in [2.75, 3.05) is 6.54 Å². The van der Waals surface area contributed by atoms with Gasteiger partial charge in [0.15, 0.2) is 6.10 Å². The van der Waals surface area contributed by atoms with Crippen molar-refractivity contribution in [1.82, 2.24) is 15.1 Å². The summed E-state index contributed by atoms with van der Waals surface area (Å²) in [7, 11) is 0. The predicted molar refractivity (Wildman–Crippen MR) is 136 cm³/mol. The molecule has 2 aromatic rings. The van der Waals surface area contributed by atoms with Gasteiger partial charge in [0, 0.05) is 13.1 Å². The van der Waals surface area contributed by atoms with Gasteiger partial charge in [0.2, 0.25) is 11.8 Å². The number of aliphatic hydroxyl groups is 1. The van der Waals surface area contributed by atoms with Crippen LogP contribution in [0.1, 0.15) is 38.3 Å². The van der Waals surface area contributed by atoms with Crippen LogP contribution in [-0.4, -0.2) is 63.5 Å². The third-order valence-electron chi connectivity index (χ3n) is 6.23. The minimum absolute atomic E-state index is 0.0466. The molecule has 204 valence electrons. The Balaban J connectivity index is 1.93. The maximum Gasteiger partial charge on any atom is 0.416 e. The molecule has 3 rings (SSSR count). The Morgan fingerprint density at radius 3 is 2.13 bits per heavy atom. The monoisotopic (exact) mass is 531 g/mol. The van der Waals surface area contributed by atoms with Crippen LogP contribution in [-0.2, 0) is 20.8 Å². The molecule has 0 aliphatic carbocycles. The number of benzene rings is 2. The van der Waals surface area contributed by atoms with Gasteiger partial charge in [0.1, 0.15) is 12.6 Å². The molecule has 0 radical (unpaired) electrons. The Morgan fingerprint density at radius 2 is 1.61 bits per heavy atom. The number of halogens is 3. The molecular formula is C28H32F3N3O4. The van der Waals surface area contributed by atoms with E-state index in [-0.39, 0.29) is 23.9 Å². The summed E-state index contributed by atoms with van der Waals surface area (Å²) in [5.41, 5.74) is 1.32. The number of carbonyl (C=O) groups excluding carboxylic acids is 3. The van der Waals surface area contributed by atoms with Gasteiger partial charge in [0.05, 0.1) is 11.7 Å². The maximum atomic E-state index is 13.6. The fraction of sp³-hybridized carbons (Fsp3) is 0.393. The predicted octanol–water partition coefficient (Wildman–Crippen LogP) is 3.74. The minimum Gasteiger partial charge on any atom is -0.382 e. The Hall–Kier alpha value is -3.66. The van der Waals surface area contributed by atoms with E-state index in [2.05, 4.69) is 5.32 Å². The van der Waals surface area contributed by atoms with E-state index in [9.17, 15) is 32.7 Å². The van der Waals surface area contributed by atoms with Crippen molar-refractivity contribution in [3.63, 3.8) is 0 Å². The first-order valence-electron chi connectivity index (χ1n) is 12.3. The first-order valence-corrected chi connectivity index (χ1v) is 12.3. The van der Waals surface area contributed by atoms with Crippen molar-refractivity contribution in [2.24, 2.45) is 5.92 Å². The zero-order chi connectivity index (χ0) is 28.0. The lowest BCUT2D eigenvalue weighted by molar-refractivity contribution is -0.212. The second-order valence-electron chi connectivity index (χ2n) is 9.73. The zero-order valence-electron chi connectivity index (χ0n) is 21.5. The molecule has 38 heavy (non-hydrogen) atoms. The van der Waals surface area contributed by atoms with Crippen molar-refractivity contribution in [3.8, 4) is 0 Å². The van der Waals surface area contributed by atoms with Gasteiger partial charge < -0.3 is 15.3 Å². The Bertz CT molecular complexity index is 1150. The van der Waals surface area contributed by atoms with Crippen LogP contribution in [0.2, 0.25) is 0 Å². The van der Waals surface area contributed by atoms with Crippen molar-refractivity contribution in [3.05, 3.63) is 78.0 Å². The lowest BCUT2D eigenvalue weighted by atomic mass is 9.97. The Kier molecular flexibility index (Phi) is 9.32. The van der Waals surface area contributed by atoms with E-state index in [0.717, 1.165) is 0 Å². The van der Waals surface area contributed by atoms with Crippen molar-refractivity contribution < 1.29 is 32.7 Å². The molecule has 3 unspecified atom stereocenters. The third kappa shape index (κ3) is 7.22. The highest BCUT2D eigenvalue weighted by Gasteiger charge is 2.45. The number of alkyl halides is 3. The number of amides is 3. The molecule has 1 aliphatic heterocycles. The minimum atomic E-state index is -4.97. The number of aliphatic hydroxyl groups excluding tert-OH is 1. The summed E-state index contributed by atoms with van der Waals surface area (Å²) >= 11 is 0. The molecule has 3 atom stereocenters. The van der Waals surface area contributed by atoms with E-state index in [1.807, 2.05) is 13.8 Å². The molecule has 1 heterocycles. The third-order valence-corrected chi connectivity index (χ3v) is 6.23. The summed E-state index contributed by atoms with van der Waals surface area (Å²) in [6, 6.07) is 14.3. The quantitative estimate of drug-likeness (QED) is 0.516. The highest BCUT2D eigenvalue weighted by Crippen LogP contribution is 2.30. The summed E-state index contributed by atoms with van der Waals surface area (Å²) in [6.45, 7) is 4.54. The molecule has 2 aromatic carbocycles. The molecule has 7 nitrogen and oxygen atoms in total. The van der Waals surface area contributed by atoms with Gasteiger partial charge in [-0.1, -0.05) is 74.5 Å². The van der Waals surface area contributed by atoms with E-state index in [1.54, 1.807) is 60.7 Å². The second-order valence-corrected chi connectivity index (χ2v) is 9.73. The fourth-order valence-electron chi connectivity index (χ4n) is 4.42. The number of hydrogen-bond acceptors (Lipinski definition) is 4. The molecule has 0 bridgehead atoms. The van der Waals surface area contributed by atoms with Gasteiger partial charge in [0.25, 0.3) is 5.91 Å². The van der Waals surface area contributed by atoms with Crippen molar-refractivity contribution in [2.45, 2.75) is 58.0 Å². The van der Waals surface area contributed by atoms with Gasteiger partial charge in [-0.15, -0.1) is 0 Å². The summed E-state index contributed by atoms with van der Waals surface area (Å²) in [4.78, 5) is 41.7. The van der Waals surface area contributed by atoms with Crippen LogP contribution in [0.15, 0.2) is 66.9 Å². The van der Waals surface area contributed by atoms with Crippen molar-refractivity contribution in [1.29, 1.82) is 0 Å². The summed E-state index contributed by atoms with van der Waals surface area (Å²) in [5.74, 6) is -1.69. The lowest BCUT2D eigenvalue weighted by Crippen LogP contribution is -2.56. The molecule has 10 heteroatoms. The van der Waals surface area contributed by atoms with Gasteiger partial charge in [-0.2, -0.15) is 13.2 Å². The normalized spacial score (nSPS) is 17.7. The largest absolute Gasteiger partial charge is 0.416 e. The molecule has 1 aliphatic rings. The SMILES string of the molecule is CC(=O)N1C=C(c2ccccc2)N(CC(=O)NC(Cc2ccccc2)C(O)C(F)(F)F)C(=O)C1CC(C)C. The number of nitrogens with one attached hydrogen (secondary N) is 1. The summed E-state index contributed by atoms with van der Waals surface area (Å²) in [6.07, 6.45) is -6.21. The van der Waals surface area contributed by atoms with Crippen molar-refractivity contribution >= 4 is 23.4 Å². The smallest absolute Gasteiger partial charge is 0.382 e. The molecule has 0 saturated heterocycles. The Labute approximate surface area is 219 Å². The van der Waals surface area contributed by atoms with Gasteiger partial charge in [-0.3, -0.25) is 19.3 Å². The van der Waals surface area contributed by atoms with E-state index in [1.165, 1.54) is 22.9 Å². The topological polar surface area (TPSA) is 90.0 Å². The van der Waals surface area contributed by atoms with Crippen LogP contribution in [0, 0.1) is 5.92 Å². The number of nitrogens with zero attached hydrogens (tertiary/aromatic N) is 2. The van der Waals surface area contributed by atoms with Crippen LogP contribution >= 0.6 is 0 Å². The highest BCUT2D eigenvalue weighted by molar-refractivity contribution is 5.99. The average Bonchev–Trinajstić information content (AvgIpc) is 2.85. The van der Waals surface area contributed by atoms with Crippen LogP contribution < -0.4 is 5.32 Å². The van der Waals surface area contributed by atoms with Crippen LogP contribution in [0.5, 0.6) is 0 Å². The summed E-state index contributed by atoms with van der Waals surface area (Å²) < 4.78 is 40.3. The summed E-state index contributed by atoms with van der Waals surface area (Å²) in [5, 5.41) is 12.3. The standard InChI is InChI=1S/C28H32F3N3O4/c1-18(2)14-23-27(38)34(24(16-33(23)19(3)35)21-12-8-5-9-13-21)17-25(36)32-22(26(37)28(29,30)31)15-20-10-6-4-7-11-20/h4-13,16,18,22-23,26,37H,14-15,17H2,1-3H3,(H,32,36). The van der Waals surface area contributed by atoms with E-state index < -0.39 is 42.7 Å². The molecule has 0 aromatic heterocycles. The molecular weight excluding hydrogens is 499 g/mol. The number of carbonyl (C=O) groups is 3. The maximum absolute atomic E-state index is 13.6. The molecule has 0 fully saturated rings. The van der Waals surface area contributed by atoms with Crippen LogP contribution in [0.3, 0.4) is 0 Å². The molecule has 3 amide bonds. The van der Waals surface area contributed by atoms with E-state index >= 15 is 0 Å². The van der Waals surface area contributed by atoms with Gasteiger partial charge in [-0.25, -0.2) is 0 Å². The molecule has 2 N–H and O–H groups in total. The molecule has 0 spiro atoms. The number of hydrogen-bond donors (Lipinski definition) is 2. The van der Waals surface area contributed by atoms with Gasteiger partial charge in [-0.05, 0) is 29.9 Å². The zero-order valence-corrected chi connectivity index (χ0v) is 21.5. The first-order chi connectivity index (χ1) is 17.9. The highest BCUT2D eigenvalue weighted by atomic mass is 19.4. The van der Waals surface area contributed by atoms with Crippen LogP contribution in [0.4, 0.5) is 13.2 Å². The fourth-order valence-corrected chi connectivity index (χ4v) is 4.42.